The molecular weight excluding hydrogens is 292 g/mol. The molecule has 122 valence electrons. The lowest BCUT2D eigenvalue weighted by Crippen LogP contribution is -2.40. The molecule has 0 bridgehead atoms. The van der Waals surface area contributed by atoms with Gasteiger partial charge in [0.05, 0.1) is 18.6 Å². The topological polar surface area (TPSA) is 58.6 Å². The zero-order chi connectivity index (χ0) is 15.9. The molecule has 1 aliphatic heterocycles. The highest BCUT2D eigenvalue weighted by Gasteiger charge is 2.24. The second-order valence-corrected chi connectivity index (χ2v) is 5.72. The summed E-state index contributed by atoms with van der Waals surface area (Å²) >= 11 is 0. The number of hydrogen-bond donors (Lipinski definition) is 1. The highest BCUT2D eigenvalue weighted by molar-refractivity contribution is 5.91. The molecule has 2 aromatic rings. The van der Waals surface area contributed by atoms with Gasteiger partial charge in [-0.25, -0.2) is 0 Å². The van der Waals surface area contributed by atoms with E-state index in [0.717, 1.165) is 18.8 Å². The van der Waals surface area contributed by atoms with Gasteiger partial charge in [-0.05, 0) is 56.3 Å². The van der Waals surface area contributed by atoms with Crippen molar-refractivity contribution in [3.63, 3.8) is 0 Å². The fourth-order valence-electron chi connectivity index (χ4n) is 2.92. The molecule has 0 spiro atoms. The molecule has 0 aliphatic carbocycles. The molecule has 5 nitrogen and oxygen atoms in total. The average molecular weight is 314 g/mol. The van der Waals surface area contributed by atoms with E-state index in [-0.39, 0.29) is 11.9 Å². The molecule has 1 saturated heterocycles. The Hall–Kier alpha value is -2.27. The maximum absolute atomic E-state index is 12.0. The summed E-state index contributed by atoms with van der Waals surface area (Å²) in [6.45, 7) is 2.63. The van der Waals surface area contributed by atoms with E-state index in [4.69, 9.17) is 8.83 Å². The largest absolute Gasteiger partial charge is 0.468 e. The van der Waals surface area contributed by atoms with Crippen LogP contribution in [0.5, 0.6) is 0 Å². The Kier molecular flexibility index (Phi) is 5.32. The van der Waals surface area contributed by atoms with Crippen molar-refractivity contribution in [2.45, 2.75) is 25.3 Å². The van der Waals surface area contributed by atoms with E-state index in [1.54, 1.807) is 24.7 Å². The van der Waals surface area contributed by atoms with Crippen LogP contribution in [0.3, 0.4) is 0 Å². The second-order valence-electron chi connectivity index (χ2n) is 5.72. The number of amides is 1. The Bertz CT molecular complexity index is 611. The third kappa shape index (κ3) is 4.36. The van der Waals surface area contributed by atoms with E-state index in [1.165, 1.54) is 25.3 Å². The average Bonchev–Trinajstić information content (AvgIpc) is 3.28. The van der Waals surface area contributed by atoms with E-state index >= 15 is 0 Å². The lowest BCUT2D eigenvalue weighted by atomic mass is 10.1. The Balaban J connectivity index is 1.58. The monoisotopic (exact) mass is 314 g/mol. The van der Waals surface area contributed by atoms with Crippen LogP contribution in [0.4, 0.5) is 0 Å². The maximum atomic E-state index is 12.0. The van der Waals surface area contributed by atoms with Gasteiger partial charge in [-0.1, -0.05) is 6.42 Å². The molecule has 0 unspecified atom stereocenters. The molecule has 3 rings (SSSR count). The Labute approximate surface area is 136 Å². The van der Waals surface area contributed by atoms with Crippen molar-refractivity contribution in [1.29, 1.82) is 0 Å². The first-order valence-electron chi connectivity index (χ1n) is 8.10. The fourth-order valence-corrected chi connectivity index (χ4v) is 2.92. The van der Waals surface area contributed by atoms with Crippen LogP contribution < -0.4 is 5.32 Å². The van der Waals surface area contributed by atoms with Crippen molar-refractivity contribution in [1.82, 2.24) is 10.2 Å². The van der Waals surface area contributed by atoms with Gasteiger partial charge in [-0.15, -0.1) is 0 Å². The van der Waals surface area contributed by atoms with Crippen molar-refractivity contribution in [3.8, 4) is 0 Å². The molecule has 5 heteroatoms. The Morgan fingerprint density at radius 3 is 2.65 bits per heavy atom. The van der Waals surface area contributed by atoms with Gasteiger partial charge in [0.15, 0.2) is 0 Å². The number of carbonyl (C=O) groups excluding carboxylic acids is 1. The SMILES string of the molecule is O=C(/C=C/c1ccco1)NC[C@H](c1ccco1)N1CCCCC1. The second kappa shape index (κ2) is 7.83. The lowest BCUT2D eigenvalue weighted by Gasteiger charge is -2.33. The third-order valence-corrected chi connectivity index (χ3v) is 4.11. The summed E-state index contributed by atoms with van der Waals surface area (Å²) in [5.74, 6) is 1.44. The lowest BCUT2D eigenvalue weighted by molar-refractivity contribution is -0.116. The molecule has 0 saturated carbocycles. The fraction of sp³-hybridized carbons (Fsp3) is 0.389. The van der Waals surface area contributed by atoms with Gasteiger partial charge in [0.25, 0.3) is 0 Å². The van der Waals surface area contributed by atoms with Gasteiger partial charge in [0.1, 0.15) is 11.5 Å². The molecule has 1 N–H and O–H groups in total. The first-order valence-corrected chi connectivity index (χ1v) is 8.10. The van der Waals surface area contributed by atoms with Crippen LogP contribution in [0, 0.1) is 0 Å². The third-order valence-electron chi connectivity index (χ3n) is 4.11. The van der Waals surface area contributed by atoms with E-state index in [2.05, 4.69) is 10.2 Å². The highest BCUT2D eigenvalue weighted by Crippen LogP contribution is 2.24. The van der Waals surface area contributed by atoms with E-state index < -0.39 is 0 Å². The molecule has 1 fully saturated rings. The Morgan fingerprint density at radius 2 is 1.96 bits per heavy atom. The van der Waals surface area contributed by atoms with Crippen LogP contribution in [0.25, 0.3) is 6.08 Å². The van der Waals surface area contributed by atoms with E-state index in [0.29, 0.717) is 12.3 Å². The van der Waals surface area contributed by atoms with Gasteiger partial charge in [0, 0.05) is 12.6 Å². The van der Waals surface area contributed by atoms with Gasteiger partial charge in [0.2, 0.25) is 5.91 Å². The van der Waals surface area contributed by atoms with Gasteiger partial charge in [-0.2, -0.15) is 0 Å². The summed E-state index contributed by atoms with van der Waals surface area (Å²) in [7, 11) is 0. The van der Waals surface area contributed by atoms with Crippen molar-refractivity contribution < 1.29 is 13.6 Å². The van der Waals surface area contributed by atoms with Gasteiger partial charge >= 0.3 is 0 Å². The molecule has 2 aromatic heterocycles. The minimum atomic E-state index is -0.130. The predicted molar refractivity (Wildman–Crippen MR) is 87.6 cm³/mol. The van der Waals surface area contributed by atoms with Crippen LogP contribution in [-0.2, 0) is 4.79 Å². The molecule has 1 amide bonds. The molecule has 0 aromatic carbocycles. The number of nitrogens with zero attached hydrogens (tertiary/aromatic N) is 1. The summed E-state index contributed by atoms with van der Waals surface area (Å²) < 4.78 is 10.7. The van der Waals surface area contributed by atoms with Crippen molar-refractivity contribution in [2.24, 2.45) is 0 Å². The smallest absolute Gasteiger partial charge is 0.244 e. The zero-order valence-corrected chi connectivity index (χ0v) is 13.1. The first-order chi connectivity index (χ1) is 11.3. The Morgan fingerprint density at radius 1 is 1.17 bits per heavy atom. The molecule has 1 atom stereocenters. The van der Waals surface area contributed by atoms with Crippen molar-refractivity contribution in [3.05, 3.63) is 54.4 Å². The van der Waals surface area contributed by atoms with E-state index in [9.17, 15) is 4.79 Å². The minimum Gasteiger partial charge on any atom is -0.468 e. The van der Waals surface area contributed by atoms with Gasteiger partial charge < -0.3 is 14.2 Å². The molecule has 23 heavy (non-hydrogen) atoms. The molecule has 3 heterocycles. The van der Waals surface area contributed by atoms with Crippen LogP contribution in [0.2, 0.25) is 0 Å². The van der Waals surface area contributed by atoms with Crippen molar-refractivity contribution in [2.75, 3.05) is 19.6 Å². The quantitative estimate of drug-likeness (QED) is 0.832. The number of nitrogens with one attached hydrogen (secondary N) is 1. The molecule has 1 aliphatic rings. The van der Waals surface area contributed by atoms with Crippen molar-refractivity contribution >= 4 is 12.0 Å². The zero-order valence-electron chi connectivity index (χ0n) is 13.1. The number of carbonyl (C=O) groups is 1. The van der Waals surface area contributed by atoms with Crippen LogP contribution in [0.1, 0.15) is 36.8 Å². The number of furan rings is 2. The molecule has 0 radical (unpaired) electrons. The normalized spacial score (nSPS) is 17.4. The summed E-state index contributed by atoms with van der Waals surface area (Å²) in [6.07, 6.45) is 10.1. The minimum absolute atomic E-state index is 0.0891. The van der Waals surface area contributed by atoms with Crippen LogP contribution in [-0.4, -0.2) is 30.4 Å². The first kappa shape index (κ1) is 15.6. The highest BCUT2D eigenvalue weighted by atomic mass is 16.3. The predicted octanol–water partition coefficient (Wildman–Crippen LogP) is 3.23. The number of piperidine rings is 1. The van der Waals surface area contributed by atoms with Crippen LogP contribution in [0.15, 0.2) is 51.7 Å². The van der Waals surface area contributed by atoms with Gasteiger partial charge in [-0.3, -0.25) is 9.69 Å². The summed E-state index contributed by atoms with van der Waals surface area (Å²) in [5.41, 5.74) is 0. The standard InChI is InChI=1S/C18H22N2O3/c21-18(9-8-15-6-4-12-22-15)19-14-16(17-7-5-13-23-17)20-10-2-1-3-11-20/h4-9,12-13,16H,1-3,10-11,14H2,(H,19,21)/b9-8+/t16-/m1/s1. The van der Waals surface area contributed by atoms with Crippen LogP contribution >= 0.6 is 0 Å². The number of likely N-dealkylation sites (tertiary alicyclic amines) is 1. The van der Waals surface area contributed by atoms with E-state index in [1.807, 2.05) is 18.2 Å². The number of hydrogen-bond acceptors (Lipinski definition) is 4. The summed E-state index contributed by atoms with van der Waals surface area (Å²) in [4.78, 5) is 14.4. The summed E-state index contributed by atoms with van der Waals surface area (Å²) in [6, 6.07) is 7.56. The summed E-state index contributed by atoms with van der Waals surface area (Å²) in [5, 5.41) is 2.96. The molecular formula is C18H22N2O3. The maximum Gasteiger partial charge on any atom is 0.244 e. The number of rotatable bonds is 6.